The molecule has 1 aliphatic heterocycles. The number of nitrogens with one attached hydrogen (secondary N) is 1. The van der Waals surface area contributed by atoms with Gasteiger partial charge in [-0.05, 0) is 18.6 Å². The Bertz CT molecular complexity index is 652. The quantitative estimate of drug-likeness (QED) is 0.763. The van der Waals surface area contributed by atoms with Gasteiger partial charge in [0.2, 0.25) is 5.91 Å². The molecular weight excluding hydrogens is 336 g/mol. The fourth-order valence-corrected chi connectivity index (χ4v) is 3.95. The molecule has 0 bridgehead atoms. The van der Waals surface area contributed by atoms with Gasteiger partial charge in [0.05, 0.1) is 18.7 Å². The van der Waals surface area contributed by atoms with Gasteiger partial charge in [-0.15, -0.1) is 11.3 Å². The third-order valence-electron chi connectivity index (χ3n) is 3.27. The van der Waals surface area contributed by atoms with Crippen LogP contribution in [-0.2, 0) is 22.5 Å². The minimum atomic E-state index is -0.105. The van der Waals surface area contributed by atoms with Gasteiger partial charge in [0.25, 0.3) is 5.89 Å². The number of aromatic nitrogens is 3. The number of nitrogens with zero attached hydrogens (tertiary/aromatic N) is 3. The van der Waals surface area contributed by atoms with Crippen LogP contribution in [0.2, 0.25) is 0 Å². The lowest BCUT2D eigenvalue weighted by Gasteiger charge is -2.01. The topological polar surface area (TPSA) is 90.1 Å². The smallest absolute Gasteiger partial charge is 0.255 e. The molecule has 1 atom stereocenters. The Morgan fingerprint density at radius 2 is 2.43 bits per heavy atom. The van der Waals surface area contributed by atoms with Crippen molar-refractivity contribution in [2.24, 2.45) is 0 Å². The van der Waals surface area contributed by atoms with Crippen LogP contribution in [0.25, 0.3) is 0 Å². The number of rotatable bonds is 7. The summed E-state index contributed by atoms with van der Waals surface area (Å²) in [6.07, 6.45) is 2.06. The van der Waals surface area contributed by atoms with E-state index in [1.807, 2.05) is 5.38 Å². The number of thioether (sulfide) groups is 1. The van der Waals surface area contributed by atoms with Crippen molar-refractivity contribution in [1.29, 1.82) is 0 Å². The summed E-state index contributed by atoms with van der Waals surface area (Å²) >= 11 is 3.25. The first-order valence-corrected chi connectivity index (χ1v) is 9.39. The van der Waals surface area contributed by atoms with Crippen LogP contribution in [0.3, 0.4) is 0 Å². The molecule has 23 heavy (non-hydrogen) atoms. The average Bonchev–Trinajstić information content (AvgIpc) is 3.27. The number of carbonyl (C=O) groups is 1. The van der Waals surface area contributed by atoms with Gasteiger partial charge < -0.3 is 14.6 Å². The fourth-order valence-electron chi connectivity index (χ4n) is 2.21. The van der Waals surface area contributed by atoms with Crippen LogP contribution in [0.5, 0.6) is 0 Å². The van der Waals surface area contributed by atoms with Gasteiger partial charge in [-0.3, -0.25) is 4.79 Å². The summed E-state index contributed by atoms with van der Waals surface area (Å²) in [7, 11) is 0. The lowest BCUT2D eigenvalue weighted by molar-refractivity contribution is -0.120. The zero-order valence-electron chi connectivity index (χ0n) is 12.8. The van der Waals surface area contributed by atoms with E-state index in [-0.39, 0.29) is 25.0 Å². The van der Waals surface area contributed by atoms with Crippen molar-refractivity contribution >= 4 is 29.0 Å². The molecule has 1 unspecified atom stereocenters. The second kappa shape index (κ2) is 7.89. The van der Waals surface area contributed by atoms with Crippen LogP contribution in [0, 0.1) is 0 Å². The summed E-state index contributed by atoms with van der Waals surface area (Å²) < 4.78 is 11.7. The molecule has 9 heteroatoms. The van der Waals surface area contributed by atoms with Crippen LogP contribution < -0.4 is 5.32 Å². The van der Waals surface area contributed by atoms with E-state index < -0.39 is 0 Å². The molecule has 1 N–H and O–H groups in total. The van der Waals surface area contributed by atoms with E-state index in [2.05, 4.69) is 27.4 Å². The maximum atomic E-state index is 12.0. The Morgan fingerprint density at radius 3 is 3.22 bits per heavy atom. The zero-order valence-corrected chi connectivity index (χ0v) is 14.4. The van der Waals surface area contributed by atoms with Gasteiger partial charge in [0.1, 0.15) is 10.4 Å². The zero-order chi connectivity index (χ0) is 16.1. The molecule has 0 saturated carbocycles. The first-order chi connectivity index (χ1) is 11.2. The van der Waals surface area contributed by atoms with Crippen molar-refractivity contribution in [3.8, 4) is 0 Å². The van der Waals surface area contributed by atoms with Gasteiger partial charge >= 0.3 is 0 Å². The molecule has 3 heterocycles. The van der Waals surface area contributed by atoms with E-state index in [1.165, 1.54) is 0 Å². The molecule has 0 radical (unpaired) electrons. The summed E-state index contributed by atoms with van der Waals surface area (Å²) in [6.45, 7) is 3.05. The molecule has 124 valence electrons. The van der Waals surface area contributed by atoms with Gasteiger partial charge in [-0.25, -0.2) is 4.98 Å². The van der Waals surface area contributed by atoms with E-state index in [4.69, 9.17) is 9.26 Å². The highest BCUT2D eigenvalue weighted by Crippen LogP contribution is 2.26. The van der Waals surface area contributed by atoms with E-state index in [9.17, 15) is 4.79 Å². The molecule has 1 aliphatic rings. The molecule has 1 fully saturated rings. The average molecular weight is 354 g/mol. The largest absolute Gasteiger partial charge is 0.368 e. The molecule has 2 aromatic heterocycles. The number of hydrogen-bond donors (Lipinski definition) is 1. The Hall–Kier alpha value is -1.45. The van der Waals surface area contributed by atoms with Crippen molar-refractivity contribution in [3.63, 3.8) is 0 Å². The maximum Gasteiger partial charge on any atom is 0.255 e. The van der Waals surface area contributed by atoms with Gasteiger partial charge in [-0.1, -0.05) is 23.8 Å². The molecular formula is C14H18N4O3S2. The Labute approximate surface area is 142 Å². The van der Waals surface area contributed by atoms with Crippen LogP contribution >= 0.6 is 23.1 Å². The summed E-state index contributed by atoms with van der Waals surface area (Å²) in [5, 5.41) is 8.57. The van der Waals surface area contributed by atoms with Gasteiger partial charge in [0, 0.05) is 12.0 Å². The summed E-state index contributed by atoms with van der Waals surface area (Å²) in [5.41, 5.74) is 0.789. The van der Waals surface area contributed by atoms with Crippen LogP contribution in [-0.4, -0.2) is 33.4 Å². The van der Waals surface area contributed by atoms with Crippen molar-refractivity contribution in [2.45, 2.75) is 43.2 Å². The number of thiazole rings is 1. The molecule has 2 aromatic rings. The van der Waals surface area contributed by atoms with Crippen molar-refractivity contribution < 1.29 is 14.1 Å². The SMILES string of the molecule is CCSc1nc(CC(=O)NCc2noc(C3CCCO3)n2)cs1. The van der Waals surface area contributed by atoms with E-state index in [1.54, 1.807) is 23.1 Å². The summed E-state index contributed by atoms with van der Waals surface area (Å²) in [4.78, 5) is 20.6. The molecule has 0 aromatic carbocycles. The minimum absolute atomic E-state index is 0.101. The van der Waals surface area contributed by atoms with Crippen LogP contribution in [0.4, 0.5) is 0 Å². The van der Waals surface area contributed by atoms with Crippen LogP contribution in [0.15, 0.2) is 14.2 Å². The monoisotopic (exact) mass is 354 g/mol. The van der Waals surface area contributed by atoms with Crippen molar-refractivity contribution in [1.82, 2.24) is 20.4 Å². The van der Waals surface area contributed by atoms with E-state index >= 15 is 0 Å². The first kappa shape index (κ1) is 16.4. The minimum Gasteiger partial charge on any atom is -0.368 e. The maximum absolute atomic E-state index is 12.0. The highest BCUT2D eigenvalue weighted by Gasteiger charge is 2.23. The van der Waals surface area contributed by atoms with Gasteiger partial charge in [0.15, 0.2) is 5.82 Å². The van der Waals surface area contributed by atoms with Crippen molar-refractivity contribution in [2.75, 3.05) is 12.4 Å². The highest BCUT2D eigenvalue weighted by molar-refractivity contribution is 8.00. The molecule has 7 nitrogen and oxygen atoms in total. The molecule has 1 amide bonds. The third kappa shape index (κ3) is 4.52. The molecule has 0 aliphatic carbocycles. The Morgan fingerprint density at radius 1 is 1.52 bits per heavy atom. The number of amides is 1. The third-order valence-corrected chi connectivity index (χ3v) is 5.22. The molecule has 3 rings (SSSR count). The predicted molar refractivity (Wildman–Crippen MR) is 86.3 cm³/mol. The predicted octanol–water partition coefficient (Wildman–Crippen LogP) is 2.35. The molecule has 1 saturated heterocycles. The number of ether oxygens (including phenoxy) is 1. The van der Waals surface area contributed by atoms with E-state index in [0.29, 0.717) is 11.7 Å². The lowest BCUT2D eigenvalue weighted by Crippen LogP contribution is -2.25. The second-order valence-corrected chi connectivity index (χ2v) is 7.41. The fraction of sp³-hybridized carbons (Fsp3) is 0.571. The second-order valence-electron chi connectivity index (χ2n) is 5.04. The normalized spacial score (nSPS) is 17.5. The number of hydrogen-bond acceptors (Lipinski definition) is 8. The Balaban J connectivity index is 1.46. The highest BCUT2D eigenvalue weighted by atomic mass is 32.2. The van der Waals surface area contributed by atoms with Gasteiger partial charge in [-0.2, -0.15) is 4.98 Å². The first-order valence-electron chi connectivity index (χ1n) is 7.52. The summed E-state index contributed by atoms with van der Waals surface area (Å²) in [5.74, 6) is 1.83. The number of carbonyl (C=O) groups excluding carboxylic acids is 1. The Kier molecular flexibility index (Phi) is 5.63. The lowest BCUT2D eigenvalue weighted by atomic mass is 10.2. The van der Waals surface area contributed by atoms with E-state index in [0.717, 1.165) is 35.2 Å². The van der Waals surface area contributed by atoms with Crippen molar-refractivity contribution in [3.05, 3.63) is 22.8 Å². The van der Waals surface area contributed by atoms with Crippen LogP contribution in [0.1, 0.15) is 43.3 Å². The standard InChI is InChI=1S/C14H18N4O3S2/c1-2-22-14-16-9(8-23-14)6-12(19)15-7-11-17-13(21-18-11)10-4-3-5-20-10/h8,10H,2-7H2,1H3,(H,15,19). The summed E-state index contributed by atoms with van der Waals surface area (Å²) in [6, 6.07) is 0. The molecule has 0 spiro atoms.